The summed E-state index contributed by atoms with van der Waals surface area (Å²) in [5.74, 6) is 0. The molecule has 1 saturated heterocycles. The van der Waals surface area contributed by atoms with Gasteiger partial charge in [-0.3, -0.25) is 0 Å². The van der Waals surface area contributed by atoms with Crippen LogP contribution in [0.1, 0.15) is 39.0 Å². The molecule has 0 aromatic rings. The van der Waals surface area contributed by atoms with Crippen molar-refractivity contribution < 1.29 is 0 Å². The number of hydrogen-bond donors (Lipinski definition) is 1. The fraction of sp³-hybridized carbons (Fsp3) is 1.00. The largest absolute Gasteiger partial charge is 0.314 e. The molecule has 1 heterocycles. The zero-order valence-electron chi connectivity index (χ0n) is 6.82. The minimum absolute atomic E-state index is 0.760. The fourth-order valence-corrected chi connectivity index (χ4v) is 2.20. The molecule has 1 atom stereocenters. The van der Waals surface area contributed by atoms with Crippen LogP contribution in [0, 0.1) is 5.41 Å². The molecule has 0 aromatic carbocycles. The lowest BCUT2D eigenvalue weighted by molar-refractivity contribution is 0.360. The molecule has 1 aliphatic carbocycles. The lowest BCUT2D eigenvalue weighted by Gasteiger charge is -2.20. The first kappa shape index (κ1) is 6.66. The third-order valence-electron chi connectivity index (χ3n) is 3.36. The van der Waals surface area contributed by atoms with Gasteiger partial charge < -0.3 is 5.32 Å². The number of hydrogen-bond acceptors (Lipinski definition) is 1. The van der Waals surface area contributed by atoms with E-state index in [9.17, 15) is 0 Å². The molecule has 2 aliphatic rings. The maximum atomic E-state index is 3.60. The van der Waals surface area contributed by atoms with E-state index in [1.54, 1.807) is 0 Å². The van der Waals surface area contributed by atoms with Gasteiger partial charge in [0, 0.05) is 6.04 Å². The summed E-state index contributed by atoms with van der Waals surface area (Å²) in [6.07, 6.45) is 7.31. The van der Waals surface area contributed by atoms with E-state index in [4.69, 9.17) is 0 Å². The Balaban J connectivity index is 2.02. The molecular formula is C9H17N. The SMILES string of the molecule is C[C@@H]1NCCCCC12CC2. The van der Waals surface area contributed by atoms with Gasteiger partial charge in [0.05, 0.1) is 0 Å². The van der Waals surface area contributed by atoms with E-state index in [2.05, 4.69) is 12.2 Å². The van der Waals surface area contributed by atoms with Gasteiger partial charge in [-0.1, -0.05) is 6.42 Å². The van der Waals surface area contributed by atoms with Crippen LogP contribution in [0.15, 0.2) is 0 Å². The summed E-state index contributed by atoms with van der Waals surface area (Å²) in [5.41, 5.74) is 0.760. The molecule has 10 heavy (non-hydrogen) atoms. The lowest BCUT2D eigenvalue weighted by atomic mass is 9.93. The predicted octanol–water partition coefficient (Wildman–Crippen LogP) is 1.93. The van der Waals surface area contributed by atoms with Gasteiger partial charge >= 0.3 is 0 Å². The molecule has 1 aliphatic heterocycles. The normalized spacial score (nSPS) is 37.5. The van der Waals surface area contributed by atoms with Crippen molar-refractivity contribution in [2.45, 2.75) is 45.1 Å². The highest BCUT2D eigenvalue weighted by molar-refractivity contribution is 5.01. The quantitative estimate of drug-likeness (QED) is 0.540. The van der Waals surface area contributed by atoms with Crippen LogP contribution in [0.4, 0.5) is 0 Å². The maximum Gasteiger partial charge on any atom is 0.00951 e. The van der Waals surface area contributed by atoms with Crippen LogP contribution in [0.2, 0.25) is 0 Å². The van der Waals surface area contributed by atoms with E-state index in [1.165, 1.54) is 38.6 Å². The zero-order chi connectivity index (χ0) is 7.03. The lowest BCUT2D eigenvalue weighted by Crippen LogP contribution is -2.32. The molecule has 1 heteroatoms. The summed E-state index contributed by atoms with van der Waals surface area (Å²) >= 11 is 0. The Morgan fingerprint density at radius 3 is 2.70 bits per heavy atom. The Kier molecular flexibility index (Phi) is 1.48. The molecule has 58 valence electrons. The van der Waals surface area contributed by atoms with Crippen LogP contribution in [-0.4, -0.2) is 12.6 Å². The fourth-order valence-electron chi connectivity index (χ4n) is 2.20. The molecule has 2 rings (SSSR count). The van der Waals surface area contributed by atoms with Crippen molar-refractivity contribution in [3.8, 4) is 0 Å². The van der Waals surface area contributed by atoms with Crippen molar-refractivity contribution in [2.24, 2.45) is 5.41 Å². The third kappa shape index (κ3) is 0.968. The van der Waals surface area contributed by atoms with Gasteiger partial charge in [-0.15, -0.1) is 0 Å². The molecule has 0 bridgehead atoms. The van der Waals surface area contributed by atoms with Crippen molar-refractivity contribution in [3.63, 3.8) is 0 Å². The summed E-state index contributed by atoms with van der Waals surface area (Å²) in [6, 6.07) is 0.801. The average molecular weight is 139 g/mol. The Bertz CT molecular complexity index is 127. The van der Waals surface area contributed by atoms with E-state index in [1.807, 2.05) is 0 Å². The topological polar surface area (TPSA) is 12.0 Å². The molecule has 0 unspecified atom stereocenters. The maximum absolute atomic E-state index is 3.60. The molecule has 0 amide bonds. The van der Waals surface area contributed by atoms with E-state index in [-0.39, 0.29) is 0 Å². The molecule has 1 spiro atoms. The Morgan fingerprint density at radius 1 is 1.20 bits per heavy atom. The van der Waals surface area contributed by atoms with E-state index < -0.39 is 0 Å². The second kappa shape index (κ2) is 2.23. The molecule has 1 nitrogen and oxygen atoms in total. The first-order valence-electron chi connectivity index (χ1n) is 4.57. The Hall–Kier alpha value is -0.0400. The van der Waals surface area contributed by atoms with Gasteiger partial charge in [-0.25, -0.2) is 0 Å². The molecule has 0 radical (unpaired) electrons. The minimum atomic E-state index is 0.760. The monoisotopic (exact) mass is 139 g/mol. The van der Waals surface area contributed by atoms with Gasteiger partial charge in [0.1, 0.15) is 0 Å². The van der Waals surface area contributed by atoms with Gasteiger partial charge in [0.25, 0.3) is 0 Å². The first-order valence-corrected chi connectivity index (χ1v) is 4.57. The number of nitrogens with one attached hydrogen (secondary N) is 1. The Labute approximate surface area is 63.2 Å². The van der Waals surface area contributed by atoms with Crippen LogP contribution in [0.25, 0.3) is 0 Å². The highest BCUT2D eigenvalue weighted by Crippen LogP contribution is 2.53. The van der Waals surface area contributed by atoms with Gasteiger partial charge in [0.2, 0.25) is 0 Å². The summed E-state index contributed by atoms with van der Waals surface area (Å²) < 4.78 is 0. The van der Waals surface area contributed by atoms with Crippen LogP contribution >= 0.6 is 0 Å². The highest BCUT2D eigenvalue weighted by Gasteiger charge is 2.46. The first-order chi connectivity index (χ1) is 4.83. The van der Waals surface area contributed by atoms with Gasteiger partial charge in [-0.05, 0) is 44.6 Å². The van der Waals surface area contributed by atoms with E-state index in [0.717, 1.165) is 11.5 Å². The highest BCUT2D eigenvalue weighted by atomic mass is 14.9. The molecule has 2 fully saturated rings. The molecule has 1 saturated carbocycles. The predicted molar refractivity (Wildman–Crippen MR) is 43.0 cm³/mol. The second-order valence-electron chi connectivity index (χ2n) is 4.00. The van der Waals surface area contributed by atoms with Gasteiger partial charge in [-0.2, -0.15) is 0 Å². The van der Waals surface area contributed by atoms with Crippen LogP contribution in [-0.2, 0) is 0 Å². The van der Waals surface area contributed by atoms with Crippen LogP contribution in [0.5, 0.6) is 0 Å². The van der Waals surface area contributed by atoms with Crippen molar-refractivity contribution in [2.75, 3.05) is 6.54 Å². The molecule has 1 N–H and O–H groups in total. The van der Waals surface area contributed by atoms with Crippen LogP contribution in [0.3, 0.4) is 0 Å². The van der Waals surface area contributed by atoms with Crippen molar-refractivity contribution in [3.05, 3.63) is 0 Å². The summed E-state index contributed by atoms with van der Waals surface area (Å²) in [5, 5.41) is 3.60. The van der Waals surface area contributed by atoms with Crippen molar-refractivity contribution in [1.29, 1.82) is 0 Å². The molecule has 0 aromatic heterocycles. The summed E-state index contributed by atoms with van der Waals surface area (Å²) in [4.78, 5) is 0. The number of rotatable bonds is 0. The van der Waals surface area contributed by atoms with Gasteiger partial charge in [0.15, 0.2) is 0 Å². The van der Waals surface area contributed by atoms with Crippen molar-refractivity contribution >= 4 is 0 Å². The summed E-state index contributed by atoms with van der Waals surface area (Å²) in [7, 11) is 0. The smallest absolute Gasteiger partial charge is 0.00951 e. The van der Waals surface area contributed by atoms with E-state index in [0.29, 0.717) is 0 Å². The van der Waals surface area contributed by atoms with Crippen molar-refractivity contribution in [1.82, 2.24) is 5.32 Å². The minimum Gasteiger partial charge on any atom is -0.314 e. The zero-order valence-corrected chi connectivity index (χ0v) is 6.82. The standard InChI is InChI=1S/C9H17N/c1-8-9(5-6-9)4-2-3-7-10-8/h8,10H,2-7H2,1H3/t8-/m0/s1. The average Bonchev–Trinajstić information content (AvgIpc) is 2.69. The van der Waals surface area contributed by atoms with Crippen LogP contribution < -0.4 is 5.32 Å². The summed E-state index contributed by atoms with van der Waals surface area (Å²) in [6.45, 7) is 3.61. The third-order valence-corrected chi connectivity index (χ3v) is 3.36. The molecular weight excluding hydrogens is 122 g/mol. The van der Waals surface area contributed by atoms with E-state index >= 15 is 0 Å². The second-order valence-corrected chi connectivity index (χ2v) is 4.00. The Morgan fingerprint density at radius 2 is 2.00 bits per heavy atom.